The van der Waals surface area contributed by atoms with Gasteiger partial charge in [-0.25, -0.2) is 4.79 Å². The van der Waals surface area contributed by atoms with E-state index in [0.29, 0.717) is 12.2 Å². The molecule has 0 heterocycles. The van der Waals surface area contributed by atoms with Gasteiger partial charge in [0.1, 0.15) is 18.1 Å². The smallest absolute Gasteiger partial charge is 0.326 e. The summed E-state index contributed by atoms with van der Waals surface area (Å²) in [4.78, 5) is 59.4. The number of carboxylic acid groups (broad SMARTS) is 2. The zero-order valence-electron chi connectivity index (χ0n) is 17.8. The number of carboxylic acids is 2. The lowest BCUT2D eigenvalue weighted by Gasteiger charge is -2.25. The van der Waals surface area contributed by atoms with Crippen molar-refractivity contribution in [2.24, 2.45) is 11.7 Å². The van der Waals surface area contributed by atoms with Crippen molar-refractivity contribution < 1.29 is 34.2 Å². The summed E-state index contributed by atoms with van der Waals surface area (Å²) < 4.78 is 0. The number of carbonyl (C=O) groups excluding carboxylic acids is 3. The van der Waals surface area contributed by atoms with Crippen molar-refractivity contribution in [2.75, 3.05) is 17.8 Å². The van der Waals surface area contributed by atoms with Crippen LogP contribution in [0.4, 0.5) is 0 Å². The highest BCUT2D eigenvalue weighted by Gasteiger charge is 2.31. The number of thiol groups is 1. The molecule has 13 heteroatoms. The van der Waals surface area contributed by atoms with Gasteiger partial charge in [-0.05, 0) is 30.8 Å². The van der Waals surface area contributed by atoms with Crippen LogP contribution in [0.2, 0.25) is 0 Å². The number of rotatable bonds is 15. The second kappa shape index (κ2) is 14.9. The largest absolute Gasteiger partial charge is 0.481 e. The minimum absolute atomic E-state index is 0.0530. The van der Waals surface area contributed by atoms with Gasteiger partial charge in [-0.15, -0.1) is 0 Å². The summed E-state index contributed by atoms with van der Waals surface area (Å²) in [5.74, 6) is -4.40. The molecule has 0 radical (unpaired) electrons. The van der Waals surface area contributed by atoms with Crippen LogP contribution in [0.1, 0.15) is 33.1 Å². The zero-order valence-corrected chi connectivity index (χ0v) is 19.5. The highest BCUT2D eigenvalue weighted by Crippen LogP contribution is 2.07. The van der Waals surface area contributed by atoms with Crippen LogP contribution in [0, 0.1) is 5.92 Å². The van der Waals surface area contributed by atoms with Crippen LogP contribution in [0.15, 0.2) is 0 Å². The van der Waals surface area contributed by atoms with E-state index in [1.807, 2.05) is 6.26 Å². The Morgan fingerprint density at radius 2 is 1.45 bits per heavy atom. The van der Waals surface area contributed by atoms with Gasteiger partial charge in [0.05, 0.1) is 12.5 Å². The number of aliphatic carboxylic acids is 2. The van der Waals surface area contributed by atoms with Crippen LogP contribution < -0.4 is 21.7 Å². The Bertz CT molecular complexity index is 648. The van der Waals surface area contributed by atoms with E-state index < -0.39 is 60.2 Å². The van der Waals surface area contributed by atoms with Gasteiger partial charge in [0.15, 0.2) is 0 Å². The predicted molar refractivity (Wildman–Crippen MR) is 120 cm³/mol. The number of amides is 3. The summed E-state index contributed by atoms with van der Waals surface area (Å²) in [7, 11) is 0. The number of carbonyl (C=O) groups is 5. The molecule has 11 nitrogen and oxygen atoms in total. The second-order valence-corrected chi connectivity index (χ2v) is 8.67. The molecule has 0 rings (SSSR count). The van der Waals surface area contributed by atoms with Crippen molar-refractivity contribution in [2.45, 2.75) is 57.3 Å². The fraction of sp³-hybridized carbons (Fsp3) is 0.722. The summed E-state index contributed by atoms with van der Waals surface area (Å²) in [5, 5.41) is 25.0. The van der Waals surface area contributed by atoms with Gasteiger partial charge in [0, 0.05) is 5.75 Å². The summed E-state index contributed by atoms with van der Waals surface area (Å²) in [6, 6.07) is -4.64. The third-order valence-corrected chi connectivity index (χ3v) is 5.13. The van der Waals surface area contributed by atoms with Gasteiger partial charge >= 0.3 is 11.9 Å². The minimum atomic E-state index is -1.65. The van der Waals surface area contributed by atoms with Crippen LogP contribution in [-0.2, 0) is 24.0 Å². The van der Waals surface area contributed by atoms with E-state index in [9.17, 15) is 24.0 Å². The van der Waals surface area contributed by atoms with Crippen LogP contribution in [0.3, 0.4) is 0 Å². The molecule has 7 N–H and O–H groups in total. The molecule has 31 heavy (non-hydrogen) atoms. The van der Waals surface area contributed by atoms with Gasteiger partial charge in [0.2, 0.25) is 17.7 Å². The molecule has 0 fully saturated rings. The lowest BCUT2D eigenvalue weighted by Crippen LogP contribution is -2.58. The van der Waals surface area contributed by atoms with E-state index >= 15 is 0 Å². The van der Waals surface area contributed by atoms with Crippen LogP contribution in [0.25, 0.3) is 0 Å². The van der Waals surface area contributed by atoms with E-state index in [2.05, 4.69) is 28.6 Å². The fourth-order valence-corrected chi connectivity index (χ4v) is 3.22. The molecular formula is C18H32N4O7S2. The standard InChI is InChI=1S/C18H32N4O7S2/c1-9(2)6-11(16(26)21-12(18(28)29)7-14(23)24)20-17(27)13(8-30)22-15(25)10(19)4-5-31-3/h9-13,30H,4-8,19H2,1-3H3,(H,20,27)(H,21,26)(H,22,25)(H,23,24)(H,28,29). The second-order valence-electron chi connectivity index (χ2n) is 7.32. The lowest BCUT2D eigenvalue weighted by molar-refractivity contribution is -0.147. The molecule has 0 bridgehead atoms. The first kappa shape index (κ1) is 29.0. The third-order valence-electron chi connectivity index (χ3n) is 4.12. The SMILES string of the molecule is CSCCC(N)C(=O)NC(CS)C(=O)NC(CC(C)C)C(=O)NC(CC(=O)O)C(=O)O. The van der Waals surface area contributed by atoms with Crippen molar-refractivity contribution in [1.29, 1.82) is 0 Å². The van der Waals surface area contributed by atoms with Crippen molar-refractivity contribution in [3.05, 3.63) is 0 Å². The molecule has 4 unspecified atom stereocenters. The molecule has 0 aromatic carbocycles. The Balaban J connectivity index is 5.23. The molecule has 0 aliphatic rings. The van der Waals surface area contributed by atoms with Crippen LogP contribution in [-0.4, -0.2) is 81.8 Å². The third kappa shape index (κ3) is 11.8. The van der Waals surface area contributed by atoms with Gasteiger partial charge in [-0.1, -0.05) is 13.8 Å². The fourth-order valence-electron chi connectivity index (χ4n) is 2.47. The van der Waals surface area contributed by atoms with Crippen molar-refractivity contribution in [3.8, 4) is 0 Å². The highest BCUT2D eigenvalue weighted by atomic mass is 32.2. The average Bonchev–Trinajstić information content (AvgIpc) is 2.67. The van der Waals surface area contributed by atoms with E-state index in [1.165, 1.54) is 11.8 Å². The Morgan fingerprint density at radius 3 is 1.90 bits per heavy atom. The van der Waals surface area contributed by atoms with Crippen molar-refractivity contribution in [1.82, 2.24) is 16.0 Å². The molecule has 0 saturated carbocycles. The molecular weight excluding hydrogens is 448 g/mol. The summed E-state index contributed by atoms with van der Waals surface area (Å²) in [5.41, 5.74) is 5.79. The number of nitrogens with one attached hydrogen (secondary N) is 3. The first-order valence-electron chi connectivity index (χ1n) is 9.63. The molecule has 0 spiro atoms. The normalized spacial score (nSPS) is 14.8. The first-order chi connectivity index (χ1) is 14.4. The monoisotopic (exact) mass is 480 g/mol. The molecule has 178 valence electrons. The molecule has 0 aromatic heterocycles. The number of nitrogens with two attached hydrogens (primary N) is 1. The molecule has 0 aromatic rings. The summed E-state index contributed by atoms with van der Waals surface area (Å²) in [6.45, 7) is 3.59. The van der Waals surface area contributed by atoms with Gasteiger partial charge < -0.3 is 31.9 Å². The first-order valence-corrected chi connectivity index (χ1v) is 11.7. The minimum Gasteiger partial charge on any atom is -0.481 e. The molecule has 0 aliphatic heterocycles. The van der Waals surface area contributed by atoms with E-state index in [1.54, 1.807) is 13.8 Å². The summed E-state index contributed by atoms with van der Waals surface area (Å²) in [6.07, 6.45) is 1.65. The number of hydrogen-bond acceptors (Lipinski definition) is 8. The van der Waals surface area contributed by atoms with Gasteiger partial charge in [0.25, 0.3) is 0 Å². The van der Waals surface area contributed by atoms with Crippen LogP contribution in [0.5, 0.6) is 0 Å². The quantitative estimate of drug-likeness (QED) is 0.145. The number of hydrogen-bond donors (Lipinski definition) is 7. The Hall–Kier alpha value is -1.99. The molecule has 0 saturated heterocycles. The highest BCUT2D eigenvalue weighted by molar-refractivity contribution is 7.98. The van der Waals surface area contributed by atoms with Gasteiger partial charge in [-0.2, -0.15) is 24.4 Å². The molecule has 0 aliphatic carbocycles. The lowest BCUT2D eigenvalue weighted by atomic mass is 10.0. The van der Waals surface area contributed by atoms with Crippen molar-refractivity contribution >= 4 is 54.1 Å². The van der Waals surface area contributed by atoms with E-state index in [0.717, 1.165) is 0 Å². The van der Waals surface area contributed by atoms with Crippen molar-refractivity contribution in [3.63, 3.8) is 0 Å². The topological polar surface area (TPSA) is 188 Å². The average molecular weight is 481 g/mol. The maximum Gasteiger partial charge on any atom is 0.326 e. The Morgan fingerprint density at radius 1 is 0.935 bits per heavy atom. The van der Waals surface area contributed by atoms with E-state index in [-0.39, 0.29) is 18.1 Å². The van der Waals surface area contributed by atoms with Crippen LogP contribution >= 0.6 is 24.4 Å². The predicted octanol–water partition coefficient (Wildman–Crippen LogP) is -0.944. The molecule has 3 amide bonds. The van der Waals surface area contributed by atoms with Gasteiger partial charge in [-0.3, -0.25) is 19.2 Å². The maximum atomic E-state index is 12.6. The Kier molecular flexibility index (Phi) is 14.0. The Labute approximate surface area is 191 Å². The zero-order chi connectivity index (χ0) is 24.1. The number of thioether (sulfide) groups is 1. The molecule has 4 atom stereocenters. The maximum absolute atomic E-state index is 12.6. The summed E-state index contributed by atoms with van der Waals surface area (Å²) >= 11 is 5.60. The van der Waals surface area contributed by atoms with E-state index in [4.69, 9.17) is 15.9 Å².